The Labute approximate surface area is 132 Å². The average Bonchev–Trinajstić information content (AvgIpc) is 2.47. The highest BCUT2D eigenvalue weighted by molar-refractivity contribution is 5.98. The van der Waals surface area contributed by atoms with Crippen LogP contribution in [0, 0.1) is 10.1 Å². The summed E-state index contributed by atoms with van der Waals surface area (Å²) in [5.41, 5.74) is -0.652. The van der Waals surface area contributed by atoms with Gasteiger partial charge in [-0.1, -0.05) is 6.92 Å². The highest BCUT2D eigenvalue weighted by Crippen LogP contribution is 2.26. The molecular weight excluding hydrogens is 306 g/mol. The first-order valence-electron chi connectivity index (χ1n) is 6.85. The van der Waals surface area contributed by atoms with Crippen molar-refractivity contribution in [1.29, 1.82) is 0 Å². The lowest BCUT2D eigenvalue weighted by atomic mass is 10.1. The molecule has 1 atom stereocenters. The van der Waals surface area contributed by atoms with E-state index in [0.29, 0.717) is 6.42 Å². The number of esters is 1. The molecule has 0 bridgehead atoms. The maximum atomic E-state index is 12.0. The van der Waals surface area contributed by atoms with Crippen molar-refractivity contribution in [3.63, 3.8) is 0 Å². The minimum atomic E-state index is -1.27. The molecule has 8 nitrogen and oxygen atoms in total. The molecule has 124 valence electrons. The fourth-order valence-corrected chi connectivity index (χ4v) is 1.69. The molecule has 0 spiro atoms. The zero-order chi connectivity index (χ0) is 17.6. The van der Waals surface area contributed by atoms with E-state index >= 15 is 0 Å². The maximum Gasteiger partial charge on any atom is 0.334 e. The number of rotatable bonds is 7. The second-order valence-electron chi connectivity index (χ2n) is 4.86. The number of carbonyl (C=O) groups is 2. The highest BCUT2D eigenvalue weighted by Gasteiger charge is 2.20. The zero-order valence-corrected chi connectivity index (χ0v) is 12.7. The Morgan fingerprint density at radius 3 is 2.61 bits per heavy atom. The van der Waals surface area contributed by atoms with Gasteiger partial charge in [-0.3, -0.25) is 14.9 Å². The van der Waals surface area contributed by atoms with Crippen LogP contribution in [-0.2, 0) is 14.3 Å². The van der Waals surface area contributed by atoms with Gasteiger partial charge in [0.05, 0.1) is 29.1 Å². The van der Waals surface area contributed by atoms with Gasteiger partial charge >= 0.3 is 11.9 Å². The van der Waals surface area contributed by atoms with Gasteiger partial charge in [0.25, 0.3) is 5.69 Å². The number of phenolic OH excluding ortho intramolecular Hbond substituents is 1. The summed E-state index contributed by atoms with van der Waals surface area (Å²) in [6.45, 7) is 3.45. The molecule has 0 radical (unpaired) electrons. The molecule has 23 heavy (non-hydrogen) atoms. The quantitative estimate of drug-likeness (QED) is 0.341. The lowest BCUT2D eigenvalue weighted by Crippen LogP contribution is -2.17. The highest BCUT2D eigenvalue weighted by atomic mass is 16.6. The van der Waals surface area contributed by atoms with E-state index in [0.717, 1.165) is 12.1 Å². The first-order chi connectivity index (χ1) is 10.7. The summed E-state index contributed by atoms with van der Waals surface area (Å²) in [5, 5.41) is 29.2. The molecule has 0 aliphatic carbocycles. The largest absolute Gasteiger partial charge is 0.508 e. The minimum absolute atomic E-state index is 0.00477. The van der Waals surface area contributed by atoms with Crippen LogP contribution >= 0.6 is 0 Å². The van der Waals surface area contributed by atoms with Crippen molar-refractivity contribution in [2.45, 2.75) is 32.8 Å². The fourth-order valence-electron chi connectivity index (χ4n) is 1.69. The summed E-state index contributed by atoms with van der Waals surface area (Å²) in [6, 6.07) is 3.35. The molecule has 1 aromatic rings. The van der Waals surface area contributed by atoms with E-state index in [4.69, 9.17) is 9.84 Å². The van der Waals surface area contributed by atoms with Gasteiger partial charge in [0, 0.05) is 5.57 Å². The van der Waals surface area contributed by atoms with Crippen LogP contribution in [-0.4, -0.2) is 33.2 Å². The van der Waals surface area contributed by atoms with Crippen molar-refractivity contribution in [3.8, 4) is 5.75 Å². The molecule has 0 saturated carbocycles. The molecule has 0 saturated heterocycles. The van der Waals surface area contributed by atoms with Crippen LogP contribution in [0.3, 0.4) is 0 Å². The van der Waals surface area contributed by atoms with E-state index in [9.17, 15) is 24.8 Å². The number of ether oxygens (including phenoxy) is 1. The van der Waals surface area contributed by atoms with Crippen molar-refractivity contribution in [2.75, 3.05) is 0 Å². The third kappa shape index (κ3) is 5.42. The molecule has 0 fully saturated rings. The molecule has 8 heteroatoms. The van der Waals surface area contributed by atoms with Crippen LogP contribution in [0.4, 0.5) is 5.69 Å². The molecular formula is C15H17NO7. The number of carbonyl (C=O) groups excluding carboxylic acids is 1. The van der Waals surface area contributed by atoms with Gasteiger partial charge in [0.1, 0.15) is 5.75 Å². The molecule has 0 aliphatic rings. The summed E-state index contributed by atoms with van der Waals surface area (Å²) in [7, 11) is 0. The first kappa shape index (κ1) is 18.1. The van der Waals surface area contributed by atoms with Crippen LogP contribution in [0.25, 0.3) is 6.08 Å². The molecule has 0 amide bonds. The monoisotopic (exact) mass is 323 g/mol. The lowest BCUT2D eigenvalue weighted by Gasteiger charge is -2.12. The third-order valence-electron chi connectivity index (χ3n) is 3.03. The molecule has 0 aromatic heterocycles. The van der Waals surface area contributed by atoms with E-state index in [1.165, 1.54) is 12.1 Å². The molecule has 0 heterocycles. The number of benzene rings is 1. The first-order valence-corrected chi connectivity index (χ1v) is 6.85. The van der Waals surface area contributed by atoms with E-state index < -0.39 is 35.1 Å². The number of nitro groups is 1. The van der Waals surface area contributed by atoms with Crippen molar-refractivity contribution < 1.29 is 29.5 Å². The van der Waals surface area contributed by atoms with Crippen LogP contribution in [0.5, 0.6) is 5.75 Å². The number of aromatic hydroxyl groups is 1. The molecule has 1 aromatic carbocycles. The van der Waals surface area contributed by atoms with Crippen molar-refractivity contribution in [3.05, 3.63) is 39.4 Å². The number of carboxylic acid groups (broad SMARTS) is 1. The number of carboxylic acids is 1. The lowest BCUT2D eigenvalue weighted by molar-refractivity contribution is -0.385. The van der Waals surface area contributed by atoms with E-state index in [2.05, 4.69) is 0 Å². The van der Waals surface area contributed by atoms with Gasteiger partial charge < -0.3 is 14.9 Å². The minimum Gasteiger partial charge on any atom is -0.508 e. The predicted molar refractivity (Wildman–Crippen MR) is 80.8 cm³/mol. The SMILES string of the molecule is CCC(C)OC(=O)C(=Cc1ccc(O)cc1[N+](=O)[O-])CC(=O)O. The Morgan fingerprint density at radius 1 is 1.43 bits per heavy atom. The summed E-state index contributed by atoms with van der Waals surface area (Å²) < 4.78 is 5.07. The molecule has 0 aliphatic heterocycles. The fraction of sp³-hybridized carbons (Fsp3) is 0.333. The Kier molecular flexibility index (Phi) is 6.25. The standard InChI is InChI=1S/C15H17NO7/c1-3-9(2)23-15(20)11(7-14(18)19)6-10-4-5-12(17)8-13(10)16(21)22/h4-6,8-9,17H,3,7H2,1-2H3,(H,18,19). The predicted octanol–water partition coefficient (Wildman–Crippen LogP) is 2.50. The summed E-state index contributed by atoms with van der Waals surface area (Å²) in [4.78, 5) is 33.2. The number of aliphatic carboxylic acids is 1. The van der Waals surface area contributed by atoms with Gasteiger partial charge in [-0.15, -0.1) is 0 Å². The third-order valence-corrected chi connectivity index (χ3v) is 3.03. The van der Waals surface area contributed by atoms with Gasteiger partial charge in [-0.2, -0.15) is 0 Å². The van der Waals surface area contributed by atoms with Gasteiger partial charge in [-0.25, -0.2) is 4.79 Å². The number of nitro benzene ring substituents is 1. The summed E-state index contributed by atoms with van der Waals surface area (Å²) in [6.07, 6.45) is 0.601. The number of hydrogen-bond donors (Lipinski definition) is 2. The van der Waals surface area contributed by atoms with Gasteiger partial charge in [-0.05, 0) is 31.6 Å². The van der Waals surface area contributed by atoms with E-state index in [-0.39, 0.29) is 16.9 Å². The normalized spacial score (nSPS) is 12.5. The van der Waals surface area contributed by atoms with Gasteiger partial charge in [0.15, 0.2) is 0 Å². The Hall–Kier alpha value is -2.90. The van der Waals surface area contributed by atoms with Crippen molar-refractivity contribution in [2.24, 2.45) is 0 Å². The van der Waals surface area contributed by atoms with Crippen LogP contribution in [0.1, 0.15) is 32.3 Å². The van der Waals surface area contributed by atoms with E-state index in [1.807, 2.05) is 0 Å². The van der Waals surface area contributed by atoms with Crippen LogP contribution in [0.2, 0.25) is 0 Å². The summed E-state index contributed by atoms with van der Waals surface area (Å²) in [5.74, 6) is -2.42. The van der Waals surface area contributed by atoms with Crippen LogP contribution < -0.4 is 0 Å². The molecule has 1 unspecified atom stereocenters. The smallest absolute Gasteiger partial charge is 0.334 e. The topological polar surface area (TPSA) is 127 Å². The number of nitrogens with zero attached hydrogens (tertiary/aromatic N) is 1. The second kappa shape index (κ2) is 7.92. The molecule has 1 rings (SSSR count). The van der Waals surface area contributed by atoms with Crippen molar-refractivity contribution >= 4 is 23.7 Å². The number of hydrogen-bond acceptors (Lipinski definition) is 6. The average molecular weight is 323 g/mol. The molecule has 2 N–H and O–H groups in total. The second-order valence-corrected chi connectivity index (χ2v) is 4.86. The van der Waals surface area contributed by atoms with Crippen molar-refractivity contribution in [1.82, 2.24) is 0 Å². The maximum absolute atomic E-state index is 12.0. The Morgan fingerprint density at radius 2 is 2.09 bits per heavy atom. The van der Waals surface area contributed by atoms with Gasteiger partial charge in [0.2, 0.25) is 0 Å². The Bertz CT molecular complexity index is 651. The Balaban J connectivity index is 3.26. The van der Waals surface area contributed by atoms with E-state index in [1.54, 1.807) is 13.8 Å². The summed E-state index contributed by atoms with van der Waals surface area (Å²) >= 11 is 0. The van der Waals surface area contributed by atoms with Crippen LogP contribution in [0.15, 0.2) is 23.8 Å². The zero-order valence-electron chi connectivity index (χ0n) is 12.7. The number of phenols is 1.